The Balaban J connectivity index is 2.32. The zero-order chi connectivity index (χ0) is 13.8. The van der Waals surface area contributed by atoms with Gasteiger partial charge in [0.2, 0.25) is 5.91 Å². The second-order valence-corrected chi connectivity index (χ2v) is 6.75. The third-order valence-corrected chi connectivity index (χ3v) is 3.80. The predicted molar refractivity (Wildman–Crippen MR) is 76.5 cm³/mol. The Bertz CT molecular complexity index is 262. The quantitative estimate of drug-likeness (QED) is 0.810. The van der Waals surface area contributed by atoms with E-state index in [1.807, 2.05) is 27.7 Å². The lowest BCUT2D eigenvalue weighted by atomic mass is 9.84. The molecular formula is C15H30N2O. The second-order valence-electron chi connectivity index (χ2n) is 6.75. The van der Waals surface area contributed by atoms with Gasteiger partial charge >= 0.3 is 0 Å². The first kappa shape index (κ1) is 15.5. The van der Waals surface area contributed by atoms with Crippen LogP contribution in [-0.2, 0) is 4.79 Å². The molecule has 3 nitrogen and oxygen atoms in total. The molecule has 0 heterocycles. The topological polar surface area (TPSA) is 41.1 Å². The maximum atomic E-state index is 12.0. The van der Waals surface area contributed by atoms with Gasteiger partial charge in [-0.3, -0.25) is 4.79 Å². The van der Waals surface area contributed by atoms with Crippen molar-refractivity contribution in [3.63, 3.8) is 0 Å². The Morgan fingerprint density at radius 3 is 2.22 bits per heavy atom. The van der Waals surface area contributed by atoms with Crippen molar-refractivity contribution in [2.45, 2.75) is 84.3 Å². The first-order valence-corrected chi connectivity index (χ1v) is 7.40. The van der Waals surface area contributed by atoms with Crippen molar-refractivity contribution in [3.8, 4) is 0 Å². The van der Waals surface area contributed by atoms with E-state index in [2.05, 4.69) is 17.6 Å². The van der Waals surface area contributed by atoms with Crippen LogP contribution in [0.1, 0.15) is 66.7 Å². The molecule has 3 heteroatoms. The van der Waals surface area contributed by atoms with Crippen LogP contribution >= 0.6 is 0 Å². The highest BCUT2D eigenvalue weighted by Crippen LogP contribution is 2.26. The first-order valence-electron chi connectivity index (χ1n) is 7.40. The van der Waals surface area contributed by atoms with Crippen molar-refractivity contribution in [2.75, 3.05) is 0 Å². The monoisotopic (exact) mass is 254 g/mol. The summed E-state index contributed by atoms with van der Waals surface area (Å²) < 4.78 is 0. The van der Waals surface area contributed by atoms with E-state index >= 15 is 0 Å². The average molecular weight is 254 g/mol. The summed E-state index contributed by atoms with van der Waals surface area (Å²) in [6.07, 6.45) is 6.34. The van der Waals surface area contributed by atoms with Crippen molar-refractivity contribution in [2.24, 2.45) is 5.92 Å². The van der Waals surface area contributed by atoms with Crippen molar-refractivity contribution in [1.29, 1.82) is 0 Å². The van der Waals surface area contributed by atoms with E-state index in [1.54, 1.807) is 0 Å². The summed E-state index contributed by atoms with van der Waals surface area (Å²) in [7, 11) is 0. The smallest absolute Gasteiger partial charge is 0.237 e. The van der Waals surface area contributed by atoms with Gasteiger partial charge in [-0.2, -0.15) is 0 Å². The summed E-state index contributed by atoms with van der Waals surface area (Å²) in [4.78, 5) is 12.0. The zero-order valence-corrected chi connectivity index (χ0v) is 12.7. The van der Waals surface area contributed by atoms with Crippen molar-refractivity contribution < 1.29 is 4.79 Å². The lowest BCUT2D eigenvalue weighted by Gasteiger charge is -2.31. The Morgan fingerprint density at radius 1 is 1.22 bits per heavy atom. The summed E-state index contributed by atoms with van der Waals surface area (Å²) >= 11 is 0. The molecule has 0 aliphatic heterocycles. The first-order chi connectivity index (χ1) is 8.31. The number of rotatable bonds is 4. The van der Waals surface area contributed by atoms with Crippen molar-refractivity contribution in [1.82, 2.24) is 10.6 Å². The highest BCUT2D eigenvalue weighted by Gasteiger charge is 2.24. The molecule has 0 aromatic heterocycles. The van der Waals surface area contributed by atoms with E-state index in [0.29, 0.717) is 6.04 Å². The fourth-order valence-electron chi connectivity index (χ4n) is 2.64. The number of amides is 1. The van der Waals surface area contributed by atoms with E-state index in [9.17, 15) is 4.79 Å². The molecule has 1 saturated carbocycles. The van der Waals surface area contributed by atoms with E-state index in [1.165, 1.54) is 32.1 Å². The largest absolute Gasteiger partial charge is 0.350 e. The summed E-state index contributed by atoms with van der Waals surface area (Å²) in [6, 6.07) is 0.431. The number of hydrogen-bond acceptors (Lipinski definition) is 2. The van der Waals surface area contributed by atoms with Gasteiger partial charge in [0.15, 0.2) is 0 Å². The Kier molecular flexibility index (Phi) is 5.64. The van der Waals surface area contributed by atoms with Crippen LogP contribution in [-0.4, -0.2) is 23.5 Å². The maximum absolute atomic E-state index is 12.0. The van der Waals surface area contributed by atoms with E-state index < -0.39 is 0 Å². The minimum atomic E-state index is -0.146. The molecule has 1 unspecified atom stereocenters. The lowest BCUT2D eigenvalue weighted by Crippen LogP contribution is -2.52. The normalized spacial score (nSPS) is 26.7. The number of nitrogens with one attached hydrogen (secondary N) is 2. The third kappa shape index (κ3) is 5.38. The fraction of sp³-hybridized carbons (Fsp3) is 0.933. The van der Waals surface area contributed by atoms with Gasteiger partial charge in [0.25, 0.3) is 0 Å². The van der Waals surface area contributed by atoms with Gasteiger partial charge in [-0.1, -0.05) is 13.3 Å². The molecule has 0 saturated heterocycles. The summed E-state index contributed by atoms with van der Waals surface area (Å²) in [5.74, 6) is 1.02. The maximum Gasteiger partial charge on any atom is 0.237 e. The van der Waals surface area contributed by atoms with E-state index in [4.69, 9.17) is 0 Å². The predicted octanol–water partition coefficient (Wildman–Crippen LogP) is 2.85. The van der Waals surface area contributed by atoms with Crippen LogP contribution in [0.25, 0.3) is 0 Å². The molecule has 1 aliphatic carbocycles. The van der Waals surface area contributed by atoms with Gasteiger partial charge < -0.3 is 10.6 Å². The number of hydrogen-bond donors (Lipinski definition) is 2. The van der Waals surface area contributed by atoms with Crippen LogP contribution in [0.15, 0.2) is 0 Å². The summed E-state index contributed by atoms with van der Waals surface area (Å²) in [5.41, 5.74) is -0.146. The molecule has 18 heavy (non-hydrogen) atoms. The molecule has 1 amide bonds. The van der Waals surface area contributed by atoms with Gasteiger partial charge in [-0.05, 0) is 59.3 Å². The van der Waals surface area contributed by atoms with Crippen molar-refractivity contribution >= 4 is 5.91 Å². The fourth-order valence-corrected chi connectivity index (χ4v) is 2.64. The van der Waals surface area contributed by atoms with E-state index in [-0.39, 0.29) is 17.5 Å². The Hall–Kier alpha value is -0.570. The molecule has 0 spiro atoms. The number of carbonyl (C=O) groups is 1. The minimum absolute atomic E-state index is 0.0904. The van der Waals surface area contributed by atoms with Crippen LogP contribution in [0.5, 0.6) is 0 Å². The lowest BCUT2D eigenvalue weighted by molar-refractivity contribution is -0.124. The molecule has 2 N–H and O–H groups in total. The Morgan fingerprint density at radius 2 is 1.78 bits per heavy atom. The van der Waals surface area contributed by atoms with Gasteiger partial charge in [-0.25, -0.2) is 0 Å². The molecular weight excluding hydrogens is 224 g/mol. The van der Waals surface area contributed by atoms with Crippen LogP contribution < -0.4 is 10.6 Å². The van der Waals surface area contributed by atoms with Gasteiger partial charge in [0.1, 0.15) is 0 Å². The highest BCUT2D eigenvalue weighted by atomic mass is 16.2. The molecule has 1 rings (SSSR count). The second kappa shape index (κ2) is 6.55. The average Bonchev–Trinajstić information content (AvgIpc) is 2.27. The minimum Gasteiger partial charge on any atom is -0.350 e. The van der Waals surface area contributed by atoms with Gasteiger partial charge in [0.05, 0.1) is 6.04 Å². The van der Waals surface area contributed by atoms with Gasteiger partial charge in [0, 0.05) is 11.6 Å². The molecule has 0 radical (unpaired) electrons. The summed E-state index contributed by atoms with van der Waals surface area (Å²) in [6.45, 7) is 10.3. The standard InChI is InChI=1S/C15H30N2O/c1-6-12-7-9-13(10-8-12)16-11(2)14(18)17-15(3,4)5/h11-13,16H,6-10H2,1-5H3,(H,17,18). The third-order valence-electron chi connectivity index (χ3n) is 3.80. The number of carbonyl (C=O) groups excluding carboxylic acids is 1. The van der Waals surface area contributed by atoms with Crippen LogP contribution in [0.4, 0.5) is 0 Å². The molecule has 1 aliphatic rings. The van der Waals surface area contributed by atoms with E-state index in [0.717, 1.165) is 5.92 Å². The molecule has 0 aromatic rings. The van der Waals surface area contributed by atoms with Crippen LogP contribution in [0, 0.1) is 5.92 Å². The molecule has 106 valence electrons. The molecule has 1 fully saturated rings. The summed E-state index contributed by atoms with van der Waals surface area (Å²) in [5, 5.41) is 6.50. The highest BCUT2D eigenvalue weighted by molar-refractivity contribution is 5.81. The zero-order valence-electron chi connectivity index (χ0n) is 12.7. The van der Waals surface area contributed by atoms with Crippen LogP contribution in [0.2, 0.25) is 0 Å². The molecule has 0 aromatic carbocycles. The molecule has 1 atom stereocenters. The van der Waals surface area contributed by atoms with Crippen LogP contribution in [0.3, 0.4) is 0 Å². The SMILES string of the molecule is CCC1CCC(NC(C)C(=O)NC(C)(C)C)CC1. The molecule has 0 bridgehead atoms. The Labute approximate surface area is 112 Å². The van der Waals surface area contributed by atoms with Gasteiger partial charge in [-0.15, -0.1) is 0 Å². The van der Waals surface area contributed by atoms with Crippen molar-refractivity contribution in [3.05, 3.63) is 0 Å².